The van der Waals surface area contributed by atoms with Gasteiger partial charge in [0.2, 0.25) is 0 Å². The first-order valence-electron chi connectivity index (χ1n) is 13.9. The Hall–Kier alpha value is -0.680. The fourth-order valence-electron chi connectivity index (χ4n) is 6.71. The van der Waals surface area contributed by atoms with Crippen molar-refractivity contribution < 1.29 is 10.2 Å². The van der Waals surface area contributed by atoms with Crippen LogP contribution < -0.4 is 5.32 Å². The molecule has 1 saturated carbocycles. The van der Waals surface area contributed by atoms with Gasteiger partial charge in [0.15, 0.2) is 0 Å². The molecule has 0 spiro atoms. The van der Waals surface area contributed by atoms with Gasteiger partial charge < -0.3 is 15.1 Å². The Bertz CT molecular complexity index is 617. The highest BCUT2D eigenvalue weighted by molar-refractivity contribution is 5.19. The van der Waals surface area contributed by atoms with Crippen LogP contribution >= 0.6 is 0 Å². The van der Waals surface area contributed by atoms with E-state index in [0.717, 1.165) is 58.2 Å². The van der Waals surface area contributed by atoms with E-state index in [0.29, 0.717) is 17.9 Å². The topological polar surface area (TPSA) is 55.7 Å². The predicted molar refractivity (Wildman–Crippen MR) is 132 cm³/mol. The first-order chi connectivity index (χ1) is 15.6. The normalized spacial score (nSPS) is 29.4. The average molecular weight is 445 g/mol. The summed E-state index contributed by atoms with van der Waals surface area (Å²) < 4.78 is 0. The Morgan fingerprint density at radius 3 is 2.50 bits per heavy atom. The summed E-state index contributed by atoms with van der Waals surface area (Å²) in [4.78, 5) is 2.57. The number of rotatable bonds is 9. The standard InChI is InChI=1S/C28H48N2O2/c31-27(29-26-14-8-3-9-15-26)22-24(23-10-4-1-5-11-23)16-19-30-20-17-28(32,18-21-30)25-12-6-2-7-13-25/h4,10,12,23-24,26-27,29,31-32H,1-3,5-9,11,13-22H2. The quantitative estimate of drug-likeness (QED) is 0.333. The van der Waals surface area contributed by atoms with Crippen LogP contribution in [0.15, 0.2) is 23.8 Å². The van der Waals surface area contributed by atoms with E-state index in [4.69, 9.17) is 0 Å². The lowest BCUT2D eigenvalue weighted by Crippen LogP contribution is -2.46. The van der Waals surface area contributed by atoms with Gasteiger partial charge in [-0.05, 0) is 107 Å². The number of nitrogens with one attached hydrogen (secondary N) is 1. The smallest absolute Gasteiger partial charge is 0.105 e. The third-order valence-electron chi connectivity index (χ3n) is 8.84. The van der Waals surface area contributed by atoms with Crippen LogP contribution in [0.2, 0.25) is 0 Å². The summed E-state index contributed by atoms with van der Waals surface area (Å²) in [6.07, 6.45) is 25.5. The molecule has 1 aliphatic heterocycles. The number of hydrogen-bond acceptors (Lipinski definition) is 4. The minimum atomic E-state index is -0.539. The Morgan fingerprint density at radius 2 is 1.81 bits per heavy atom. The molecule has 3 atom stereocenters. The van der Waals surface area contributed by atoms with Crippen LogP contribution in [0.1, 0.15) is 103 Å². The maximum Gasteiger partial charge on any atom is 0.105 e. The summed E-state index contributed by atoms with van der Waals surface area (Å²) in [6, 6.07) is 0.509. The van der Waals surface area contributed by atoms with E-state index in [1.807, 2.05) is 0 Å². The first kappa shape index (κ1) is 24.4. The average Bonchev–Trinajstić information content (AvgIpc) is 2.84. The molecule has 3 aliphatic carbocycles. The summed E-state index contributed by atoms with van der Waals surface area (Å²) in [5.74, 6) is 1.15. The zero-order valence-corrected chi connectivity index (χ0v) is 20.3. The van der Waals surface area contributed by atoms with E-state index >= 15 is 0 Å². The van der Waals surface area contributed by atoms with Crippen molar-refractivity contribution in [2.45, 2.75) is 121 Å². The molecule has 3 N–H and O–H groups in total. The second-order valence-corrected chi connectivity index (χ2v) is 11.2. The summed E-state index contributed by atoms with van der Waals surface area (Å²) in [5, 5.41) is 25.6. The summed E-state index contributed by atoms with van der Waals surface area (Å²) in [5.41, 5.74) is 0.785. The minimum Gasteiger partial charge on any atom is -0.385 e. The van der Waals surface area contributed by atoms with E-state index in [1.54, 1.807) is 0 Å². The second-order valence-electron chi connectivity index (χ2n) is 11.2. The molecule has 0 aromatic carbocycles. The number of likely N-dealkylation sites (tertiary alicyclic amines) is 1. The molecular formula is C28H48N2O2. The molecule has 4 rings (SSSR count). The van der Waals surface area contributed by atoms with Crippen LogP contribution in [0.4, 0.5) is 0 Å². The van der Waals surface area contributed by atoms with Crippen molar-refractivity contribution in [3.8, 4) is 0 Å². The molecule has 182 valence electrons. The van der Waals surface area contributed by atoms with Crippen molar-refractivity contribution in [2.75, 3.05) is 19.6 Å². The van der Waals surface area contributed by atoms with Crippen molar-refractivity contribution in [2.24, 2.45) is 11.8 Å². The van der Waals surface area contributed by atoms with Crippen molar-refractivity contribution in [1.29, 1.82) is 0 Å². The Kier molecular flexibility index (Phi) is 9.28. The van der Waals surface area contributed by atoms with Gasteiger partial charge in [0, 0.05) is 19.1 Å². The van der Waals surface area contributed by atoms with Crippen LogP contribution in [-0.2, 0) is 0 Å². The highest BCUT2D eigenvalue weighted by atomic mass is 16.3. The molecule has 0 amide bonds. The van der Waals surface area contributed by atoms with Gasteiger partial charge in [-0.25, -0.2) is 0 Å². The Labute approximate surface area is 196 Å². The van der Waals surface area contributed by atoms with E-state index in [2.05, 4.69) is 28.4 Å². The summed E-state index contributed by atoms with van der Waals surface area (Å²) >= 11 is 0. The molecule has 0 aromatic heterocycles. The molecule has 4 heteroatoms. The van der Waals surface area contributed by atoms with Gasteiger partial charge >= 0.3 is 0 Å². The zero-order valence-electron chi connectivity index (χ0n) is 20.3. The molecule has 0 bridgehead atoms. The monoisotopic (exact) mass is 444 g/mol. The summed E-state index contributed by atoms with van der Waals surface area (Å²) in [7, 11) is 0. The van der Waals surface area contributed by atoms with Gasteiger partial charge in [0.1, 0.15) is 6.23 Å². The maximum atomic E-state index is 11.2. The SMILES string of the molecule is OC(CC(CCN1CCC(O)(C2=CCCCC2)CC1)C1C=CCCC1)NC1CCCCC1. The van der Waals surface area contributed by atoms with Crippen LogP contribution in [0.25, 0.3) is 0 Å². The van der Waals surface area contributed by atoms with Gasteiger partial charge in [-0.15, -0.1) is 0 Å². The highest BCUT2D eigenvalue weighted by Gasteiger charge is 2.36. The highest BCUT2D eigenvalue weighted by Crippen LogP contribution is 2.36. The van der Waals surface area contributed by atoms with Crippen LogP contribution in [0.5, 0.6) is 0 Å². The molecular weight excluding hydrogens is 396 g/mol. The molecule has 2 fully saturated rings. The Balaban J connectivity index is 1.27. The number of hydrogen-bond donors (Lipinski definition) is 3. The lowest BCUT2D eigenvalue weighted by molar-refractivity contribution is 0.00274. The lowest BCUT2D eigenvalue weighted by Gasteiger charge is -2.41. The van der Waals surface area contributed by atoms with E-state index < -0.39 is 5.60 Å². The van der Waals surface area contributed by atoms with Crippen molar-refractivity contribution in [3.63, 3.8) is 0 Å². The molecule has 1 heterocycles. The third kappa shape index (κ3) is 6.91. The molecule has 4 aliphatic rings. The zero-order chi connectivity index (χ0) is 22.2. The van der Waals surface area contributed by atoms with E-state index in [9.17, 15) is 10.2 Å². The molecule has 32 heavy (non-hydrogen) atoms. The van der Waals surface area contributed by atoms with Gasteiger partial charge in [-0.1, -0.05) is 37.5 Å². The van der Waals surface area contributed by atoms with Crippen molar-refractivity contribution in [1.82, 2.24) is 10.2 Å². The minimum absolute atomic E-state index is 0.372. The number of piperidine rings is 1. The molecule has 0 radical (unpaired) electrons. The number of nitrogens with zero attached hydrogens (tertiary/aromatic N) is 1. The second kappa shape index (κ2) is 12.1. The number of aliphatic hydroxyl groups is 2. The van der Waals surface area contributed by atoms with E-state index in [-0.39, 0.29) is 6.23 Å². The molecule has 3 unspecified atom stereocenters. The number of aliphatic hydroxyl groups excluding tert-OH is 1. The van der Waals surface area contributed by atoms with Crippen LogP contribution in [-0.4, -0.2) is 52.6 Å². The third-order valence-corrected chi connectivity index (χ3v) is 8.84. The fourth-order valence-corrected chi connectivity index (χ4v) is 6.71. The van der Waals surface area contributed by atoms with Crippen molar-refractivity contribution in [3.05, 3.63) is 23.8 Å². The molecule has 1 saturated heterocycles. The van der Waals surface area contributed by atoms with Gasteiger partial charge in [-0.3, -0.25) is 5.32 Å². The van der Waals surface area contributed by atoms with Crippen molar-refractivity contribution >= 4 is 0 Å². The van der Waals surface area contributed by atoms with E-state index in [1.165, 1.54) is 69.8 Å². The number of allylic oxidation sites excluding steroid dienone is 3. The van der Waals surface area contributed by atoms with Gasteiger partial charge in [0.25, 0.3) is 0 Å². The first-order valence-corrected chi connectivity index (χ1v) is 13.9. The fraction of sp³-hybridized carbons (Fsp3) is 0.857. The molecule has 4 nitrogen and oxygen atoms in total. The Morgan fingerprint density at radius 1 is 1.00 bits per heavy atom. The van der Waals surface area contributed by atoms with Crippen LogP contribution in [0, 0.1) is 11.8 Å². The van der Waals surface area contributed by atoms with Crippen LogP contribution in [0.3, 0.4) is 0 Å². The largest absolute Gasteiger partial charge is 0.385 e. The molecule has 0 aromatic rings. The maximum absolute atomic E-state index is 11.2. The predicted octanol–water partition coefficient (Wildman–Crippen LogP) is 5.31. The van der Waals surface area contributed by atoms with Gasteiger partial charge in [0.05, 0.1) is 5.60 Å². The lowest BCUT2D eigenvalue weighted by atomic mass is 9.78. The summed E-state index contributed by atoms with van der Waals surface area (Å²) in [6.45, 7) is 3.11. The van der Waals surface area contributed by atoms with Gasteiger partial charge in [-0.2, -0.15) is 0 Å².